The van der Waals surface area contributed by atoms with E-state index in [0.29, 0.717) is 29.0 Å². The molecule has 1 aliphatic heterocycles. The summed E-state index contributed by atoms with van der Waals surface area (Å²) < 4.78 is 37.4. The number of allylic oxidation sites excluding steroid dienone is 1. The quantitative estimate of drug-likeness (QED) is 0.308. The van der Waals surface area contributed by atoms with Crippen LogP contribution in [0.5, 0.6) is 5.75 Å². The highest BCUT2D eigenvalue weighted by Crippen LogP contribution is 2.45. The van der Waals surface area contributed by atoms with Gasteiger partial charge in [-0.25, -0.2) is 8.78 Å². The number of carbonyl (C=O) groups excluding carboxylic acids is 2. The van der Waals surface area contributed by atoms with E-state index in [1.807, 2.05) is 30.3 Å². The molecular weight excluding hydrogens is 452 g/mol. The molecule has 0 aromatic heterocycles. The van der Waals surface area contributed by atoms with Crippen molar-refractivity contribution in [3.8, 4) is 5.75 Å². The van der Waals surface area contributed by atoms with Gasteiger partial charge >= 0.3 is 5.97 Å². The molecule has 35 heavy (non-hydrogen) atoms. The van der Waals surface area contributed by atoms with Crippen LogP contribution in [0.1, 0.15) is 30.5 Å². The number of rotatable bonds is 8. The Morgan fingerprint density at radius 3 is 2.11 bits per heavy atom. The van der Waals surface area contributed by atoms with Crippen LogP contribution in [0.25, 0.3) is 5.57 Å². The molecule has 7 heteroatoms. The van der Waals surface area contributed by atoms with E-state index >= 15 is 0 Å². The number of amides is 1. The molecule has 180 valence electrons. The van der Waals surface area contributed by atoms with Gasteiger partial charge in [-0.1, -0.05) is 30.3 Å². The lowest BCUT2D eigenvalue weighted by Crippen LogP contribution is -2.55. The van der Waals surface area contributed by atoms with Gasteiger partial charge in [0.2, 0.25) is 5.91 Å². The maximum absolute atomic E-state index is 13.5. The highest BCUT2D eigenvalue weighted by Gasteiger charge is 2.48. The second kappa shape index (κ2) is 10.5. The zero-order chi connectivity index (χ0) is 24.9. The van der Waals surface area contributed by atoms with Crippen molar-refractivity contribution in [3.05, 3.63) is 102 Å². The first-order chi connectivity index (χ1) is 16.9. The Morgan fingerprint density at radius 2 is 1.54 bits per heavy atom. The first-order valence-corrected chi connectivity index (χ1v) is 11.2. The van der Waals surface area contributed by atoms with Crippen molar-refractivity contribution in [3.63, 3.8) is 0 Å². The summed E-state index contributed by atoms with van der Waals surface area (Å²) in [6.45, 7) is 1.33. The summed E-state index contributed by atoms with van der Waals surface area (Å²) in [5.41, 5.74) is 2.91. The van der Waals surface area contributed by atoms with E-state index in [-0.39, 0.29) is 36.1 Å². The number of methoxy groups -OCH3 is 1. The summed E-state index contributed by atoms with van der Waals surface area (Å²) in [6, 6.07) is 18.9. The lowest BCUT2D eigenvalue weighted by molar-refractivity contribution is -0.139. The minimum absolute atomic E-state index is 0.0107. The Labute approximate surface area is 202 Å². The number of hydrogen-bond donors (Lipinski definition) is 0. The molecule has 4 rings (SSSR count). The summed E-state index contributed by atoms with van der Waals surface area (Å²) in [6.07, 6.45) is 2.23. The van der Waals surface area contributed by atoms with Crippen LogP contribution in [0.4, 0.5) is 14.5 Å². The van der Waals surface area contributed by atoms with Crippen LogP contribution in [0.15, 0.2) is 78.9 Å². The number of benzene rings is 3. The zero-order valence-electron chi connectivity index (χ0n) is 19.4. The maximum atomic E-state index is 13.5. The Kier molecular flexibility index (Phi) is 7.25. The topological polar surface area (TPSA) is 55.8 Å². The smallest absolute Gasteiger partial charge is 0.302 e. The molecule has 0 saturated carbocycles. The van der Waals surface area contributed by atoms with Crippen LogP contribution < -0.4 is 9.64 Å². The van der Waals surface area contributed by atoms with Gasteiger partial charge in [0.1, 0.15) is 24.0 Å². The molecule has 0 bridgehead atoms. The van der Waals surface area contributed by atoms with E-state index in [1.54, 1.807) is 36.3 Å². The number of hydrogen-bond acceptors (Lipinski definition) is 4. The summed E-state index contributed by atoms with van der Waals surface area (Å²) in [4.78, 5) is 26.3. The molecule has 0 unspecified atom stereocenters. The largest absolute Gasteiger partial charge is 0.497 e. The van der Waals surface area contributed by atoms with Gasteiger partial charge in [0.05, 0.1) is 19.1 Å². The average Bonchev–Trinajstić information content (AvgIpc) is 2.86. The third-order valence-corrected chi connectivity index (χ3v) is 6.04. The normalized spacial score (nSPS) is 17.7. The fourth-order valence-electron chi connectivity index (χ4n) is 4.22. The van der Waals surface area contributed by atoms with Crippen molar-refractivity contribution in [2.45, 2.75) is 19.4 Å². The van der Waals surface area contributed by atoms with E-state index in [1.165, 1.54) is 31.2 Å². The molecule has 1 amide bonds. The molecule has 2 atom stereocenters. The average molecular weight is 478 g/mol. The summed E-state index contributed by atoms with van der Waals surface area (Å²) in [5.74, 6) is -0.970. The Hall–Kier alpha value is -4.00. The van der Waals surface area contributed by atoms with E-state index in [9.17, 15) is 18.4 Å². The summed E-state index contributed by atoms with van der Waals surface area (Å²) >= 11 is 0. The summed E-state index contributed by atoms with van der Waals surface area (Å²) in [7, 11) is 1.58. The molecule has 3 aromatic rings. The van der Waals surface area contributed by atoms with Gasteiger partial charge in [-0.15, -0.1) is 0 Å². The van der Waals surface area contributed by atoms with Gasteiger partial charge in [0.25, 0.3) is 0 Å². The third kappa shape index (κ3) is 5.40. The second-order valence-corrected chi connectivity index (χ2v) is 8.26. The predicted molar refractivity (Wildman–Crippen MR) is 129 cm³/mol. The van der Waals surface area contributed by atoms with Crippen molar-refractivity contribution < 1.29 is 27.8 Å². The lowest BCUT2D eigenvalue weighted by Gasteiger charge is -2.47. The van der Waals surface area contributed by atoms with Crippen LogP contribution >= 0.6 is 0 Å². The SMILES string of the molecule is COc1ccc([C@@H]2[C@@H](C/C=C(\COC(C)=O)c3ccc(F)cc3)C(=O)N2c2ccc(F)cc2)cc1. The molecule has 0 aliphatic carbocycles. The van der Waals surface area contributed by atoms with Gasteiger partial charge in [-0.3, -0.25) is 9.59 Å². The van der Waals surface area contributed by atoms with Crippen molar-refractivity contribution in [2.24, 2.45) is 5.92 Å². The lowest BCUT2D eigenvalue weighted by atomic mass is 9.79. The van der Waals surface area contributed by atoms with Gasteiger partial charge in [0.15, 0.2) is 0 Å². The van der Waals surface area contributed by atoms with Crippen molar-refractivity contribution in [2.75, 3.05) is 18.6 Å². The Balaban J connectivity index is 1.65. The van der Waals surface area contributed by atoms with Crippen LogP contribution in [0.3, 0.4) is 0 Å². The molecule has 1 aliphatic rings. The second-order valence-electron chi connectivity index (χ2n) is 8.26. The molecule has 1 saturated heterocycles. The van der Waals surface area contributed by atoms with Crippen LogP contribution in [0, 0.1) is 17.6 Å². The van der Waals surface area contributed by atoms with E-state index in [2.05, 4.69) is 0 Å². The van der Waals surface area contributed by atoms with Gasteiger partial charge < -0.3 is 14.4 Å². The number of anilines is 1. The minimum atomic E-state index is -0.434. The standard InChI is InChI=1S/C28H25F2NO4/c1-18(32)35-17-21(19-3-8-22(29)9-4-19)7-16-26-27(20-5-14-25(34-2)15-6-20)31(28(26)33)24-12-10-23(30)11-13-24/h3-15,26-27H,16-17H2,1-2H3/b21-7+/t26-,27-/m1/s1. The summed E-state index contributed by atoms with van der Waals surface area (Å²) in [5, 5.41) is 0. The first kappa shape index (κ1) is 24.1. The van der Waals surface area contributed by atoms with E-state index < -0.39 is 5.97 Å². The highest BCUT2D eigenvalue weighted by atomic mass is 19.1. The predicted octanol–water partition coefficient (Wildman–Crippen LogP) is 5.71. The number of esters is 1. The number of β-lactam (4-membered cyclic amide) rings is 1. The Morgan fingerprint density at radius 1 is 0.943 bits per heavy atom. The number of halogens is 2. The first-order valence-electron chi connectivity index (χ1n) is 11.2. The molecule has 0 spiro atoms. The van der Waals surface area contributed by atoms with Gasteiger partial charge in [-0.2, -0.15) is 0 Å². The number of ether oxygens (including phenoxy) is 2. The molecule has 3 aromatic carbocycles. The monoisotopic (exact) mass is 477 g/mol. The molecule has 0 radical (unpaired) electrons. The Bertz CT molecular complexity index is 1220. The number of nitrogens with zero attached hydrogens (tertiary/aromatic N) is 1. The van der Waals surface area contributed by atoms with Crippen molar-refractivity contribution in [1.29, 1.82) is 0 Å². The molecule has 1 heterocycles. The van der Waals surface area contributed by atoms with Crippen molar-refractivity contribution in [1.82, 2.24) is 0 Å². The van der Waals surface area contributed by atoms with Crippen molar-refractivity contribution >= 4 is 23.1 Å². The molecule has 5 nitrogen and oxygen atoms in total. The molecule has 0 N–H and O–H groups in total. The number of carbonyl (C=O) groups is 2. The van der Waals surface area contributed by atoms with Gasteiger partial charge in [0, 0.05) is 12.6 Å². The molecular formula is C28H25F2NO4. The third-order valence-electron chi connectivity index (χ3n) is 6.04. The maximum Gasteiger partial charge on any atom is 0.302 e. The fraction of sp³-hybridized carbons (Fsp3) is 0.214. The van der Waals surface area contributed by atoms with E-state index in [0.717, 1.165) is 5.56 Å². The van der Waals surface area contributed by atoms with Crippen LogP contribution in [-0.4, -0.2) is 25.6 Å². The zero-order valence-corrected chi connectivity index (χ0v) is 19.4. The molecule has 1 fully saturated rings. The van der Waals surface area contributed by atoms with Gasteiger partial charge in [-0.05, 0) is 71.7 Å². The van der Waals surface area contributed by atoms with Crippen LogP contribution in [0.2, 0.25) is 0 Å². The highest BCUT2D eigenvalue weighted by molar-refractivity contribution is 6.03. The minimum Gasteiger partial charge on any atom is -0.497 e. The van der Waals surface area contributed by atoms with Crippen LogP contribution in [-0.2, 0) is 14.3 Å². The van der Waals surface area contributed by atoms with E-state index in [4.69, 9.17) is 9.47 Å². The fourth-order valence-corrected chi connectivity index (χ4v) is 4.22.